The molecule has 0 spiro atoms. The van der Waals surface area contributed by atoms with Crippen molar-refractivity contribution in [1.29, 1.82) is 0 Å². The van der Waals surface area contributed by atoms with E-state index in [9.17, 15) is 0 Å². The summed E-state index contributed by atoms with van der Waals surface area (Å²) in [6.45, 7) is 4.84. The summed E-state index contributed by atoms with van der Waals surface area (Å²) in [6.07, 6.45) is 1.59. The molecule has 0 fully saturated rings. The number of aromatic nitrogens is 2. The molecule has 108 valence electrons. The minimum atomic E-state index is 0.561. The van der Waals surface area contributed by atoms with Crippen molar-refractivity contribution in [1.82, 2.24) is 9.97 Å². The minimum Gasteiger partial charge on any atom is -0.365 e. The monoisotopic (exact) mass is 337 g/mol. The molecular weight excluding hydrogens is 325 g/mol. The smallest absolute Gasteiger partial charge is 0.138 e. The lowest BCUT2D eigenvalue weighted by Gasteiger charge is -2.08. The molecule has 2 aromatic heterocycles. The molecule has 0 saturated heterocycles. The van der Waals surface area contributed by atoms with Crippen LogP contribution in [-0.4, -0.2) is 9.97 Å². The van der Waals surface area contributed by atoms with Gasteiger partial charge >= 0.3 is 0 Å². The van der Waals surface area contributed by atoms with Crippen molar-refractivity contribution in [3.8, 4) is 0 Å². The molecule has 0 unspecified atom stereocenters. The zero-order valence-electron chi connectivity index (χ0n) is 11.6. The van der Waals surface area contributed by atoms with Crippen molar-refractivity contribution < 1.29 is 0 Å². The number of nitrogens with one attached hydrogen (secondary N) is 1. The van der Waals surface area contributed by atoms with Crippen LogP contribution in [0.5, 0.6) is 0 Å². The van der Waals surface area contributed by atoms with Crippen molar-refractivity contribution in [3.63, 3.8) is 0 Å². The molecule has 1 aromatic carbocycles. The number of hydrogen-bond acceptors (Lipinski definition) is 4. The normalized spacial score (nSPS) is 11.0. The Kier molecular flexibility index (Phi) is 4.02. The molecular formula is C15H13Cl2N3S. The first-order valence-electron chi connectivity index (χ1n) is 6.44. The van der Waals surface area contributed by atoms with Gasteiger partial charge in [-0.1, -0.05) is 29.3 Å². The van der Waals surface area contributed by atoms with Crippen molar-refractivity contribution >= 4 is 50.6 Å². The van der Waals surface area contributed by atoms with Crippen LogP contribution >= 0.6 is 34.5 Å². The van der Waals surface area contributed by atoms with Crippen molar-refractivity contribution in [2.45, 2.75) is 20.4 Å². The van der Waals surface area contributed by atoms with E-state index < -0.39 is 0 Å². The Morgan fingerprint density at radius 3 is 2.71 bits per heavy atom. The van der Waals surface area contributed by atoms with E-state index in [1.165, 1.54) is 10.4 Å². The maximum atomic E-state index is 6.04. The number of rotatable bonds is 3. The standard InChI is InChI=1S/C15H13Cl2N3S/c1-8-9(2)21-15-13(8)14(19-7-20-15)18-6-10-3-4-11(16)12(17)5-10/h3-5,7H,6H2,1-2H3,(H,18,19,20). The highest BCUT2D eigenvalue weighted by molar-refractivity contribution is 7.18. The number of hydrogen-bond donors (Lipinski definition) is 1. The Balaban J connectivity index is 1.90. The van der Waals surface area contributed by atoms with E-state index in [0.717, 1.165) is 21.6 Å². The fourth-order valence-electron chi connectivity index (χ4n) is 2.15. The first-order chi connectivity index (χ1) is 10.1. The van der Waals surface area contributed by atoms with Crippen molar-refractivity contribution in [2.75, 3.05) is 5.32 Å². The first kappa shape index (κ1) is 14.6. The molecule has 1 N–H and O–H groups in total. The molecule has 0 bridgehead atoms. The summed E-state index contributed by atoms with van der Waals surface area (Å²) in [5.74, 6) is 0.855. The second kappa shape index (κ2) is 5.79. The average Bonchev–Trinajstić information content (AvgIpc) is 2.76. The Bertz CT molecular complexity index is 814. The third-order valence-corrected chi connectivity index (χ3v) is 5.26. The number of benzene rings is 1. The quantitative estimate of drug-likeness (QED) is 0.711. The lowest BCUT2D eigenvalue weighted by atomic mass is 10.2. The van der Waals surface area contributed by atoms with Gasteiger partial charge in [-0.3, -0.25) is 0 Å². The summed E-state index contributed by atoms with van der Waals surface area (Å²) < 4.78 is 0. The van der Waals surface area contributed by atoms with Crippen LogP contribution < -0.4 is 5.32 Å². The third kappa shape index (κ3) is 2.84. The average molecular weight is 338 g/mol. The van der Waals surface area contributed by atoms with Gasteiger partial charge in [-0.2, -0.15) is 0 Å². The van der Waals surface area contributed by atoms with Crippen molar-refractivity contribution in [3.05, 3.63) is 50.6 Å². The van der Waals surface area contributed by atoms with Gasteiger partial charge < -0.3 is 5.32 Å². The highest BCUT2D eigenvalue weighted by Crippen LogP contribution is 2.32. The van der Waals surface area contributed by atoms with E-state index in [1.807, 2.05) is 12.1 Å². The van der Waals surface area contributed by atoms with Gasteiger partial charge in [-0.25, -0.2) is 9.97 Å². The van der Waals surface area contributed by atoms with Crippen LogP contribution in [0.2, 0.25) is 10.0 Å². The summed E-state index contributed by atoms with van der Waals surface area (Å²) in [5, 5.41) is 5.58. The Morgan fingerprint density at radius 2 is 1.95 bits per heavy atom. The van der Waals surface area contributed by atoms with Crippen LogP contribution in [0.3, 0.4) is 0 Å². The van der Waals surface area contributed by atoms with E-state index in [-0.39, 0.29) is 0 Å². The van der Waals surface area contributed by atoms with Crippen LogP contribution in [0.4, 0.5) is 5.82 Å². The number of fused-ring (bicyclic) bond motifs is 1. The molecule has 3 aromatic rings. The number of anilines is 1. The van der Waals surface area contributed by atoms with Crippen LogP contribution in [0.15, 0.2) is 24.5 Å². The highest BCUT2D eigenvalue weighted by atomic mass is 35.5. The molecule has 3 rings (SSSR count). The molecule has 0 aliphatic heterocycles. The van der Waals surface area contributed by atoms with Gasteiger partial charge in [0, 0.05) is 11.4 Å². The number of aryl methyl sites for hydroxylation is 2. The van der Waals surface area contributed by atoms with E-state index in [2.05, 4.69) is 29.1 Å². The van der Waals surface area contributed by atoms with Gasteiger partial charge in [-0.05, 0) is 37.1 Å². The van der Waals surface area contributed by atoms with Crippen molar-refractivity contribution in [2.24, 2.45) is 0 Å². The molecule has 0 aliphatic rings. The van der Waals surface area contributed by atoms with E-state index in [1.54, 1.807) is 23.7 Å². The Hall–Kier alpha value is -1.36. The van der Waals surface area contributed by atoms with Crippen LogP contribution in [-0.2, 0) is 6.54 Å². The molecule has 3 nitrogen and oxygen atoms in total. The fourth-order valence-corrected chi connectivity index (χ4v) is 3.47. The zero-order valence-corrected chi connectivity index (χ0v) is 13.9. The predicted molar refractivity (Wildman–Crippen MR) is 90.7 cm³/mol. The minimum absolute atomic E-state index is 0.561. The fraction of sp³-hybridized carbons (Fsp3) is 0.200. The van der Waals surface area contributed by atoms with E-state index in [0.29, 0.717) is 16.6 Å². The Morgan fingerprint density at radius 1 is 1.14 bits per heavy atom. The highest BCUT2D eigenvalue weighted by Gasteiger charge is 2.11. The number of halogens is 2. The molecule has 6 heteroatoms. The zero-order chi connectivity index (χ0) is 15.0. The van der Waals surface area contributed by atoms with Crippen LogP contribution in [0, 0.1) is 13.8 Å². The molecule has 2 heterocycles. The molecule has 0 aliphatic carbocycles. The SMILES string of the molecule is Cc1sc2ncnc(NCc3ccc(Cl)c(Cl)c3)c2c1C. The van der Waals surface area contributed by atoms with Gasteiger partial charge in [0.2, 0.25) is 0 Å². The molecule has 0 saturated carbocycles. The molecule has 21 heavy (non-hydrogen) atoms. The lowest BCUT2D eigenvalue weighted by molar-refractivity contribution is 1.10. The van der Waals surface area contributed by atoms with Gasteiger partial charge in [0.25, 0.3) is 0 Å². The first-order valence-corrected chi connectivity index (χ1v) is 8.02. The second-order valence-corrected chi connectivity index (χ2v) is 6.81. The number of nitrogens with zero attached hydrogens (tertiary/aromatic N) is 2. The summed E-state index contributed by atoms with van der Waals surface area (Å²) >= 11 is 13.7. The van der Waals surface area contributed by atoms with E-state index >= 15 is 0 Å². The summed E-state index contributed by atoms with van der Waals surface area (Å²) in [7, 11) is 0. The lowest BCUT2D eigenvalue weighted by Crippen LogP contribution is -2.02. The van der Waals surface area contributed by atoms with Gasteiger partial charge in [-0.15, -0.1) is 11.3 Å². The summed E-state index contributed by atoms with van der Waals surface area (Å²) in [4.78, 5) is 11.0. The van der Waals surface area contributed by atoms with Gasteiger partial charge in [0.05, 0.1) is 15.4 Å². The predicted octanol–water partition coefficient (Wildman–Crippen LogP) is 5.23. The molecule has 0 atom stereocenters. The maximum absolute atomic E-state index is 6.04. The van der Waals surface area contributed by atoms with E-state index in [4.69, 9.17) is 23.2 Å². The summed E-state index contributed by atoms with van der Waals surface area (Å²) in [6, 6.07) is 5.61. The third-order valence-electron chi connectivity index (χ3n) is 3.41. The molecule has 0 amide bonds. The van der Waals surface area contributed by atoms with Gasteiger partial charge in [0.15, 0.2) is 0 Å². The van der Waals surface area contributed by atoms with Crippen LogP contribution in [0.25, 0.3) is 10.2 Å². The topological polar surface area (TPSA) is 37.8 Å². The second-order valence-electron chi connectivity index (χ2n) is 4.79. The largest absolute Gasteiger partial charge is 0.365 e. The summed E-state index contributed by atoms with van der Waals surface area (Å²) in [5.41, 5.74) is 2.29. The molecule has 0 radical (unpaired) electrons. The van der Waals surface area contributed by atoms with Crippen LogP contribution in [0.1, 0.15) is 16.0 Å². The number of thiophene rings is 1. The van der Waals surface area contributed by atoms with Gasteiger partial charge in [0.1, 0.15) is 17.0 Å². The maximum Gasteiger partial charge on any atom is 0.138 e. The Labute approximate surface area is 137 Å².